The minimum absolute atomic E-state index is 0.00562. The number of primary amides is 1. The number of fused-ring (bicyclic) bond motifs is 1. The number of quaternary nitrogens is 2. The Labute approximate surface area is 809 Å². The number of halogens is 2. The number of methoxy groups -OCH3 is 1. The zero-order valence-electron chi connectivity index (χ0n) is 78.0. The van der Waals surface area contributed by atoms with Crippen LogP contribution in [0.4, 0.5) is 19.7 Å². The van der Waals surface area contributed by atoms with Crippen LogP contribution in [0.3, 0.4) is 0 Å². The molecule has 742 valence electrons. The molecule has 5 aromatic carbocycles. The Hall–Kier alpha value is -13.8. The van der Waals surface area contributed by atoms with Crippen LogP contribution in [0.25, 0.3) is 43.2 Å². The lowest BCUT2D eigenvalue weighted by molar-refractivity contribution is -0.926. The van der Waals surface area contributed by atoms with Gasteiger partial charge in [-0.2, -0.15) is 13.1 Å². The molecule has 0 unspecified atom stereocenters. The average molecular weight is 1980 g/mol. The molecule has 6 heterocycles. The molecule has 0 radical (unpaired) electrons. The number of benzene rings is 5. The molecule has 11 rings (SSSR count). The SMILES string of the molecule is COc1ccccc1-c1nccc(COc2ccccc2C[C@@H](Oc2ncnc3sc(-c4ccc(F)cc4)c(-c4ccc(OCCN5CC[N+](C)(Cc6ccc(NC(=O)[C@H](CCCNC(N)=O)NC(=O)[C@@H](NC(=O)CCOCCN7C(=O)C=CC7=O)C(C)C)cc6COCc6cn(CCOC(=O)NS(=O)(=O)NCCC(=O)N[C@@H](CC(=O)NCC[N+](C)(C)C)C(=O)O)nn6)CC5)c(Cl)c4C)c23)C(=O)O)n1. The number of hydrogen-bond acceptors (Lipinski definition) is 28. The van der Waals surface area contributed by atoms with Gasteiger partial charge in [0.05, 0.1) is 135 Å². The molecule has 0 bridgehead atoms. The second-order valence-electron chi connectivity index (χ2n) is 34.4. The number of carbonyl (C=O) groups excluding carboxylic acids is 9. The summed E-state index contributed by atoms with van der Waals surface area (Å²) in [5.74, 6) is -6.23. The molecule has 0 aliphatic carbocycles. The first-order chi connectivity index (χ1) is 66.4. The highest BCUT2D eigenvalue weighted by molar-refractivity contribution is 7.88. The van der Waals surface area contributed by atoms with E-state index in [-0.39, 0.29) is 97.4 Å². The lowest BCUT2D eigenvalue weighted by Crippen LogP contribution is -2.57. The van der Waals surface area contributed by atoms with Crippen molar-refractivity contribution in [2.24, 2.45) is 11.7 Å². The summed E-state index contributed by atoms with van der Waals surface area (Å²) in [6, 6.07) is 26.3. The van der Waals surface area contributed by atoms with Crippen molar-refractivity contribution in [1.29, 1.82) is 0 Å². The highest BCUT2D eigenvalue weighted by Gasteiger charge is 2.35. The number of carboxylic acids is 2. The Morgan fingerprint density at radius 3 is 2.16 bits per heavy atom. The predicted octanol–water partition coefficient (Wildman–Crippen LogP) is 5.97. The number of para-hydroxylation sites is 2. The maximum absolute atomic E-state index is 14.7. The number of carbonyl (C=O) groups is 11. The Bertz CT molecular complexity index is 6020. The van der Waals surface area contributed by atoms with Crippen molar-refractivity contribution in [3.63, 3.8) is 0 Å². The van der Waals surface area contributed by atoms with Crippen molar-refractivity contribution >= 4 is 114 Å². The molecule has 10 amide bonds. The number of hydrogen-bond donors (Lipinski definition) is 11. The number of anilines is 1. The highest BCUT2D eigenvalue weighted by Crippen LogP contribution is 2.50. The van der Waals surface area contributed by atoms with Gasteiger partial charge in [0.25, 0.3) is 11.8 Å². The fourth-order valence-electron chi connectivity index (χ4n) is 14.9. The first kappa shape index (κ1) is 106. The number of thiophene rings is 1. The van der Waals surface area contributed by atoms with Gasteiger partial charge in [0.15, 0.2) is 5.82 Å². The monoisotopic (exact) mass is 1980 g/mol. The van der Waals surface area contributed by atoms with Crippen LogP contribution in [0.2, 0.25) is 5.02 Å². The molecule has 4 atom stereocenters. The molecular weight excluding hydrogens is 1870 g/mol. The van der Waals surface area contributed by atoms with E-state index in [1.165, 1.54) is 40.7 Å². The second-order valence-corrected chi connectivity index (χ2v) is 37.3. The number of aromatic nitrogens is 7. The quantitative estimate of drug-likeness (QED) is 0.0119. The lowest BCUT2D eigenvalue weighted by atomic mass is 9.96. The standard InChI is InChI=1S/C93H112ClFN20O22S2/c1-57(2)83(107-76(117)31-44-132-45-40-113-78(119)27-28-79(113)120)87(122)106-69(16-13-32-99-92(96)127)86(121)104-64-24-21-61(62(48-64)53-133-54-66-51-112(110-108-66)39-47-135-93(128)109-139(129,130)102-34-30-75(116)105-70(90(123)124)50-77(118)97-35-41-114(4,5)6)52-115(7)42-36-111(37-43-115)38-46-134-73-26-25-67(58(3)82(73)94)80-81-88(100-56-101-89(81)138-84(80)59-19-22-63(95)23-20-59)137-74(91(125)126)49-60-14-9-11-17-71(60)136-55-65-29-33-98-85(103-65)68-15-10-12-18-72(68)131-8/h9-12,14-15,17-29,33,48,51,56-57,69-70,74,83,102H,13,16,30-32,34-47,49-50,52-55H2,1-8H3,(H9-2,96,97,99,104,105,106,107,109,116,117,118,121,122,123,124,125,126,127,128)/p+2/t69-,70-,74+,83-/m0/s1. The van der Waals surface area contributed by atoms with Crippen molar-refractivity contribution in [2.45, 2.75) is 116 Å². The Morgan fingerprint density at radius 1 is 0.705 bits per heavy atom. The van der Waals surface area contributed by atoms with Gasteiger partial charge in [0.2, 0.25) is 41.5 Å². The number of piperazine rings is 1. The Kier molecular flexibility index (Phi) is 38.0. The van der Waals surface area contributed by atoms with Gasteiger partial charge < -0.3 is 90.0 Å². The summed E-state index contributed by atoms with van der Waals surface area (Å²) in [4.78, 5) is 163. The van der Waals surface area contributed by atoms with Gasteiger partial charge in [-0.15, -0.1) is 16.4 Å². The van der Waals surface area contributed by atoms with Crippen LogP contribution in [0.5, 0.6) is 23.1 Å². The molecule has 1 fully saturated rings. The predicted molar refractivity (Wildman–Crippen MR) is 507 cm³/mol. The molecular formula is C93H114ClFN20O22S2+2. The number of carboxylic acid groups (broad SMARTS) is 2. The number of nitrogens with two attached hydrogens (primary N) is 1. The molecule has 46 heteroatoms. The second kappa shape index (κ2) is 50.0. The van der Waals surface area contributed by atoms with E-state index >= 15 is 0 Å². The molecule has 139 heavy (non-hydrogen) atoms. The molecule has 42 nitrogen and oxygen atoms in total. The fraction of sp³-hybridized carbons (Fsp3) is 0.409. The number of urea groups is 1. The van der Waals surface area contributed by atoms with Crippen molar-refractivity contribution in [2.75, 3.05) is 132 Å². The lowest BCUT2D eigenvalue weighted by Gasteiger charge is -2.42. The number of aliphatic carboxylic acids is 2. The van der Waals surface area contributed by atoms with Gasteiger partial charge in [-0.1, -0.05) is 85.3 Å². The third-order valence-corrected chi connectivity index (χ3v) is 25.1. The summed E-state index contributed by atoms with van der Waals surface area (Å²) in [5, 5.41) is 45.2. The van der Waals surface area contributed by atoms with Gasteiger partial charge in [0.1, 0.15) is 84.4 Å². The first-order valence-electron chi connectivity index (χ1n) is 44.6. The third-order valence-electron chi connectivity index (χ3n) is 22.5. The summed E-state index contributed by atoms with van der Waals surface area (Å²) < 4.78 is 87.9. The molecule has 2 aliphatic heterocycles. The van der Waals surface area contributed by atoms with E-state index in [4.69, 9.17) is 55.5 Å². The van der Waals surface area contributed by atoms with Crippen LogP contribution >= 0.6 is 22.9 Å². The van der Waals surface area contributed by atoms with Crippen molar-refractivity contribution < 1.29 is 118 Å². The third kappa shape index (κ3) is 31.6. The van der Waals surface area contributed by atoms with Gasteiger partial charge in [-0.25, -0.2) is 52.9 Å². The molecule has 0 spiro atoms. The minimum Gasteiger partial charge on any atom is -0.496 e. The van der Waals surface area contributed by atoms with E-state index in [0.29, 0.717) is 154 Å². The number of nitrogens with zero attached hydrogens (tertiary/aromatic N) is 11. The molecule has 1 saturated heterocycles. The molecule has 4 aromatic heterocycles. The topological polar surface area (TPSA) is 538 Å². The van der Waals surface area contributed by atoms with Gasteiger partial charge in [-0.05, 0) is 108 Å². The van der Waals surface area contributed by atoms with Crippen LogP contribution in [0, 0.1) is 18.7 Å². The van der Waals surface area contributed by atoms with Crippen molar-refractivity contribution in [1.82, 2.24) is 80.8 Å². The molecule has 0 saturated carbocycles. The van der Waals surface area contributed by atoms with E-state index in [1.54, 1.807) is 92.5 Å². The van der Waals surface area contributed by atoms with Crippen LogP contribution in [0.1, 0.15) is 79.6 Å². The maximum Gasteiger partial charge on any atom is 0.421 e. The van der Waals surface area contributed by atoms with Crippen LogP contribution in [-0.4, -0.2) is 289 Å². The largest absolute Gasteiger partial charge is 0.496 e. The van der Waals surface area contributed by atoms with Crippen LogP contribution in [-0.2, 0) is 107 Å². The number of nitrogens with one attached hydrogen (secondary N) is 8. The molecule has 12 N–H and O–H groups in total. The number of likely N-dealkylation sites (N-methyl/N-ethyl adjacent to an activating group) is 2. The van der Waals surface area contributed by atoms with E-state index in [0.717, 1.165) is 22.6 Å². The summed E-state index contributed by atoms with van der Waals surface area (Å²) in [7, 11) is 4.82. The summed E-state index contributed by atoms with van der Waals surface area (Å²) in [6.07, 6.45) is 2.57. The Balaban J connectivity index is 0.737. The van der Waals surface area contributed by atoms with Gasteiger partial charge in [0, 0.05) is 92.0 Å². The van der Waals surface area contributed by atoms with E-state index < -0.39 is 138 Å². The molecule has 2 aliphatic rings. The highest BCUT2D eigenvalue weighted by atomic mass is 35.5. The normalized spacial score (nSPS) is 14.1. The van der Waals surface area contributed by atoms with Crippen LogP contribution < -0.4 is 66.0 Å². The number of ether oxygens (including phenoxy) is 7. The summed E-state index contributed by atoms with van der Waals surface area (Å²) >= 11 is 8.62. The van der Waals surface area contributed by atoms with Gasteiger partial charge >= 0.3 is 34.3 Å². The number of amides is 10. The van der Waals surface area contributed by atoms with Gasteiger partial charge in [-0.3, -0.25) is 43.4 Å². The van der Waals surface area contributed by atoms with Crippen molar-refractivity contribution in [3.8, 4) is 56.1 Å². The fourth-order valence-corrected chi connectivity index (χ4v) is 17.0. The number of rotatable bonds is 53. The minimum atomic E-state index is -4.59. The zero-order valence-corrected chi connectivity index (χ0v) is 80.4. The average Bonchev–Trinajstić information content (AvgIpc) is 1.59. The maximum atomic E-state index is 14.7. The van der Waals surface area contributed by atoms with E-state index in [2.05, 4.69) is 69.1 Å². The summed E-state index contributed by atoms with van der Waals surface area (Å²) in [6.45, 7) is 8.60. The number of imide groups is 1. The summed E-state index contributed by atoms with van der Waals surface area (Å²) in [5.41, 5.74) is 11.7. The molecule has 9 aromatic rings. The van der Waals surface area contributed by atoms with E-state index in [9.17, 15) is 75.8 Å². The first-order valence-corrected chi connectivity index (χ1v) is 47.3. The van der Waals surface area contributed by atoms with E-state index in [1.807, 2.05) is 69.2 Å². The zero-order chi connectivity index (χ0) is 100. The Morgan fingerprint density at radius 2 is 1.44 bits per heavy atom. The van der Waals surface area contributed by atoms with Crippen LogP contribution in [0.15, 0.2) is 140 Å². The van der Waals surface area contributed by atoms with Crippen molar-refractivity contribution in [3.05, 3.63) is 185 Å². The smallest absolute Gasteiger partial charge is 0.421 e.